The Labute approximate surface area is 180 Å². The molecular formula is C25H22O6. The Kier molecular flexibility index (Phi) is 7.06. The SMILES string of the molecule is COc1cccc(C(=O)Oc2ccc(C(=O)C=Cc3ccc(OC)cc3OC)cc2)c1. The van der Waals surface area contributed by atoms with Gasteiger partial charge in [-0.15, -0.1) is 0 Å². The predicted molar refractivity (Wildman–Crippen MR) is 117 cm³/mol. The Bertz CT molecular complexity index is 1100. The highest BCUT2D eigenvalue weighted by atomic mass is 16.5. The van der Waals surface area contributed by atoms with Crippen LogP contribution in [0.5, 0.6) is 23.0 Å². The molecule has 0 radical (unpaired) electrons. The minimum atomic E-state index is -0.510. The van der Waals surface area contributed by atoms with Gasteiger partial charge in [-0.2, -0.15) is 0 Å². The number of benzene rings is 3. The lowest BCUT2D eigenvalue weighted by Crippen LogP contribution is -2.08. The fourth-order valence-electron chi connectivity index (χ4n) is 2.82. The molecule has 0 atom stereocenters. The second kappa shape index (κ2) is 10.1. The zero-order chi connectivity index (χ0) is 22.2. The first-order valence-corrected chi connectivity index (χ1v) is 9.45. The van der Waals surface area contributed by atoms with E-state index >= 15 is 0 Å². The lowest BCUT2D eigenvalue weighted by atomic mass is 10.1. The Hall–Kier alpha value is -4.06. The van der Waals surface area contributed by atoms with Crippen LogP contribution in [0.1, 0.15) is 26.3 Å². The molecule has 0 saturated carbocycles. The summed E-state index contributed by atoms with van der Waals surface area (Å²) in [6, 6.07) is 18.4. The van der Waals surface area contributed by atoms with Crippen LogP contribution < -0.4 is 18.9 Å². The lowest BCUT2D eigenvalue weighted by Gasteiger charge is -2.07. The summed E-state index contributed by atoms with van der Waals surface area (Å²) in [5.74, 6) is 1.47. The van der Waals surface area contributed by atoms with Gasteiger partial charge >= 0.3 is 5.97 Å². The third-order valence-electron chi connectivity index (χ3n) is 4.51. The summed E-state index contributed by atoms with van der Waals surface area (Å²) in [5, 5.41) is 0. The molecule has 0 spiro atoms. The zero-order valence-electron chi connectivity index (χ0n) is 17.5. The van der Waals surface area contributed by atoms with E-state index in [-0.39, 0.29) is 5.78 Å². The summed E-state index contributed by atoms with van der Waals surface area (Å²) >= 11 is 0. The molecule has 0 aromatic heterocycles. The van der Waals surface area contributed by atoms with E-state index in [1.165, 1.54) is 13.2 Å². The number of ether oxygens (including phenoxy) is 4. The molecule has 6 nitrogen and oxygen atoms in total. The van der Waals surface area contributed by atoms with Crippen LogP contribution in [0.3, 0.4) is 0 Å². The molecule has 3 aromatic rings. The number of hydrogen-bond acceptors (Lipinski definition) is 6. The number of rotatable bonds is 8. The Morgan fingerprint density at radius 3 is 2.06 bits per heavy atom. The van der Waals surface area contributed by atoms with Gasteiger partial charge in [-0.05, 0) is 66.7 Å². The van der Waals surface area contributed by atoms with Crippen molar-refractivity contribution in [2.75, 3.05) is 21.3 Å². The third-order valence-corrected chi connectivity index (χ3v) is 4.51. The topological polar surface area (TPSA) is 71.1 Å². The van der Waals surface area contributed by atoms with Crippen molar-refractivity contribution >= 4 is 17.8 Å². The molecule has 0 amide bonds. The second-order valence-corrected chi connectivity index (χ2v) is 6.45. The molecule has 0 unspecified atom stereocenters. The summed E-state index contributed by atoms with van der Waals surface area (Å²) in [6.45, 7) is 0. The van der Waals surface area contributed by atoms with Gasteiger partial charge in [-0.25, -0.2) is 4.79 Å². The number of allylic oxidation sites excluding steroid dienone is 1. The van der Waals surface area contributed by atoms with Crippen LogP contribution >= 0.6 is 0 Å². The lowest BCUT2D eigenvalue weighted by molar-refractivity contribution is 0.0734. The van der Waals surface area contributed by atoms with Crippen molar-refractivity contribution < 1.29 is 28.5 Å². The maximum atomic E-state index is 12.5. The van der Waals surface area contributed by atoms with Crippen molar-refractivity contribution in [1.29, 1.82) is 0 Å². The molecule has 158 valence electrons. The minimum Gasteiger partial charge on any atom is -0.497 e. The van der Waals surface area contributed by atoms with Crippen molar-refractivity contribution in [3.63, 3.8) is 0 Å². The number of ketones is 1. The Morgan fingerprint density at radius 1 is 0.710 bits per heavy atom. The third kappa shape index (κ3) is 5.51. The van der Waals surface area contributed by atoms with Crippen molar-refractivity contribution in [2.24, 2.45) is 0 Å². The van der Waals surface area contributed by atoms with Crippen LogP contribution in [0.15, 0.2) is 72.8 Å². The second-order valence-electron chi connectivity index (χ2n) is 6.45. The van der Waals surface area contributed by atoms with Crippen LogP contribution in [0.25, 0.3) is 6.08 Å². The summed E-state index contributed by atoms with van der Waals surface area (Å²) in [6.07, 6.45) is 3.14. The van der Waals surface area contributed by atoms with E-state index in [0.717, 1.165) is 5.56 Å². The predicted octanol–water partition coefficient (Wildman–Crippen LogP) is 4.83. The number of methoxy groups -OCH3 is 3. The average Bonchev–Trinajstić information content (AvgIpc) is 2.82. The van der Waals surface area contributed by atoms with Crippen molar-refractivity contribution in [3.05, 3.63) is 89.5 Å². The van der Waals surface area contributed by atoms with Gasteiger partial charge in [-0.1, -0.05) is 6.07 Å². The summed E-state index contributed by atoms with van der Waals surface area (Å²) in [7, 11) is 4.66. The number of hydrogen-bond donors (Lipinski definition) is 0. The molecule has 3 aromatic carbocycles. The van der Waals surface area contributed by atoms with Gasteiger partial charge in [0.25, 0.3) is 0 Å². The minimum absolute atomic E-state index is 0.191. The van der Waals surface area contributed by atoms with Gasteiger partial charge in [0, 0.05) is 17.2 Å². The molecule has 3 rings (SSSR count). The van der Waals surface area contributed by atoms with E-state index in [2.05, 4.69) is 0 Å². The van der Waals surface area contributed by atoms with Crippen LogP contribution in [-0.4, -0.2) is 33.1 Å². The van der Waals surface area contributed by atoms with Gasteiger partial charge in [0.2, 0.25) is 0 Å². The van der Waals surface area contributed by atoms with Gasteiger partial charge < -0.3 is 18.9 Å². The van der Waals surface area contributed by atoms with Crippen molar-refractivity contribution in [3.8, 4) is 23.0 Å². The Morgan fingerprint density at radius 2 is 1.39 bits per heavy atom. The highest BCUT2D eigenvalue weighted by molar-refractivity contribution is 6.07. The van der Waals surface area contributed by atoms with Gasteiger partial charge in [0.1, 0.15) is 23.0 Å². The molecule has 0 N–H and O–H groups in total. The summed E-state index contributed by atoms with van der Waals surface area (Å²) < 4.78 is 21.0. The molecular weight excluding hydrogens is 396 g/mol. The number of esters is 1. The van der Waals surface area contributed by atoms with Gasteiger partial charge in [-0.3, -0.25) is 4.79 Å². The number of carbonyl (C=O) groups excluding carboxylic acids is 2. The van der Waals surface area contributed by atoms with Gasteiger partial charge in [0.15, 0.2) is 5.78 Å². The van der Waals surface area contributed by atoms with E-state index in [0.29, 0.717) is 34.1 Å². The van der Waals surface area contributed by atoms with E-state index in [1.54, 1.807) is 81.0 Å². The van der Waals surface area contributed by atoms with Crippen molar-refractivity contribution in [2.45, 2.75) is 0 Å². The molecule has 0 aliphatic carbocycles. The standard InChI is InChI=1S/C25H22O6/c1-28-21-6-4-5-19(15-21)25(27)31-20-11-7-17(8-12-20)23(26)14-10-18-9-13-22(29-2)16-24(18)30-3/h4-16H,1-3H3. The molecule has 31 heavy (non-hydrogen) atoms. The molecule has 0 saturated heterocycles. The van der Waals surface area contributed by atoms with Crippen LogP contribution in [-0.2, 0) is 0 Å². The highest BCUT2D eigenvalue weighted by Gasteiger charge is 2.11. The van der Waals surface area contributed by atoms with E-state index in [4.69, 9.17) is 18.9 Å². The first kappa shape index (κ1) is 21.6. The van der Waals surface area contributed by atoms with Crippen LogP contribution in [0, 0.1) is 0 Å². The number of carbonyl (C=O) groups is 2. The Balaban J connectivity index is 1.67. The fourth-order valence-corrected chi connectivity index (χ4v) is 2.82. The van der Waals surface area contributed by atoms with Crippen molar-refractivity contribution in [1.82, 2.24) is 0 Å². The van der Waals surface area contributed by atoms with E-state index < -0.39 is 5.97 Å². The highest BCUT2D eigenvalue weighted by Crippen LogP contribution is 2.26. The quantitative estimate of drug-likeness (QED) is 0.226. The average molecular weight is 418 g/mol. The largest absolute Gasteiger partial charge is 0.497 e. The normalized spacial score (nSPS) is 10.5. The monoisotopic (exact) mass is 418 g/mol. The van der Waals surface area contributed by atoms with Gasteiger partial charge in [0.05, 0.1) is 26.9 Å². The molecule has 0 aliphatic rings. The first-order valence-electron chi connectivity index (χ1n) is 9.45. The smallest absolute Gasteiger partial charge is 0.343 e. The first-order chi connectivity index (χ1) is 15.0. The van der Waals surface area contributed by atoms with E-state index in [9.17, 15) is 9.59 Å². The van der Waals surface area contributed by atoms with E-state index in [1.807, 2.05) is 6.07 Å². The maximum Gasteiger partial charge on any atom is 0.343 e. The van der Waals surface area contributed by atoms with Crippen LogP contribution in [0.4, 0.5) is 0 Å². The van der Waals surface area contributed by atoms with Crippen LogP contribution in [0.2, 0.25) is 0 Å². The summed E-state index contributed by atoms with van der Waals surface area (Å²) in [5.41, 5.74) is 1.58. The molecule has 0 bridgehead atoms. The molecule has 6 heteroatoms. The molecule has 0 heterocycles. The zero-order valence-corrected chi connectivity index (χ0v) is 17.5. The fraction of sp³-hybridized carbons (Fsp3) is 0.120. The molecule has 0 fully saturated rings. The summed E-state index contributed by atoms with van der Waals surface area (Å²) in [4.78, 5) is 24.8. The molecule has 0 aliphatic heterocycles. The maximum absolute atomic E-state index is 12.5.